The first-order valence-electron chi connectivity index (χ1n) is 7.34. The number of amides is 1. The average Bonchev–Trinajstić information content (AvgIpc) is 2.57. The van der Waals surface area contributed by atoms with Crippen molar-refractivity contribution in [2.24, 2.45) is 0 Å². The van der Waals surface area contributed by atoms with Crippen LogP contribution in [0.4, 0.5) is 5.69 Å². The number of hydrogen-bond acceptors (Lipinski definition) is 3. The van der Waals surface area contributed by atoms with E-state index in [0.717, 1.165) is 5.56 Å². The van der Waals surface area contributed by atoms with Gasteiger partial charge in [0.1, 0.15) is 11.6 Å². The lowest BCUT2D eigenvalue weighted by Gasteiger charge is -2.07. The average molecular weight is 395 g/mol. The highest BCUT2D eigenvalue weighted by molar-refractivity contribution is 6.36. The summed E-state index contributed by atoms with van der Waals surface area (Å²) in [4.78, 5) is 12.1. The van der Waals surface area contributed by atoms with E-state index in [2.05, 4.69) is 10.6 Å². The molecular weight excluding hydrogens is 381 g/mol. The molecule has 25 heavy (non-hydrogen) atoms. The fraction of sp³-hybridized carbons (Fsp3) is 0.111. The third-order valence-corrected chi connectivity index (χ3v) is 4.02. The van der Waals surface area contributed by atoms with Gasteiger partial charge in [0.15, 0.2) is 0 Å². The molecule has 4 nitrogen and oxygen atoms in total. The molecule has 0 saturated heterocycles. The van der Waals surface area contributed by atoms with Gasteiger partial charge in [-0.05, 0) is 42.3 Å². The standard InChI is InChI=1S/C18H14Cl3N3O/c19-14-3-1-2-12(8-14)6-7-23-11-13(10-22)18(25)24-17-5-4-15(20)9-16(17)21/h1-5,8-9,11,23H,6-7H2,(H,24,25)/b13-11-. The van der Waals surface area contributed by atoms with E-state index in [0.29, 0.717) is 33.7 Å². The van der Waals surface area contributed by atoms with Crippen LogP contribution in [0.5, 0.6) is 0 Å². The molecule has 0 unspecified atom stereocenters. The van der Waals surface area contributed by atoms with Crippen molar-refractivity contribution in [1.82, 2.24) is 5.32 Å². The highest BCUT2D eigenvalue weighted by atomic mass is 35.5. The predicted octanol–water partition coefficient (Wildman–Crippen LogP) is 4.83. The monoisotopic (exact) mass is 393 g/mol. The molecule has 0 aliphatic rings. The molecule has 0 radical (unpaired) electrons. The summed E-state index contributed by atoms with van der Waals surface area (Å²) in [6.07, 6.45) is 2.09. The predicted molar refractivity (Wildman–Crippen MR) is 102 cm³/mol. The second-order valence-corrected chi connectivity index (χ2v) is 6.36. The van der Waals surface area contributed by atoms with Crippen LogP contribution in [0, 0.1) is 11.3 Å². The van der Waals surface area contributed by atoms with Crippen molar-refractivity contribution in [2.45, 2.75) is 6.42 Å². The van der Waals surface area contributed by atoms with Crippen LogP contribution < -0.4 is 10.6 Å². The van der Waals surface area contributed by atoms with Crippen LogP contribution in [0.2, 0.25) is 15.1 Å². The van der Waals surface area contributed by atoms with E-state index in [1.807, 2.05) is 24.3 Å². The van der Waals surface area contributed by atoms with Gasteiger partial charge in [0, 0.05) is 22.8 Å². The number of nitriles is 1. The number of benzene rings is 2. The van der Waals surface area contributed by atoms with Crippen molar-refractivity contribution in [3.63, 3.8) is 0 Å². The van der Waals surface area contributed by atoms with Gasteiger partial charge in [0.05, 0.1) is 10.7 Å². The number of hydrogen-bond donors (Lipinski definition) is 2. The van der Waals surface area contributed by atoms with E-state index in [1.54, 1.807) is 18.2 Å². The molecule has 0 spiro atoms. The maximum absolute atomic E-state index is 12.1. The van der Waals surface area contributed by atoms with Crippen LogP contribution in [0.1, 0.15) is 5.56 Å². The van der Waals surface area contributed by atoms with Crippen LogP contribution in [0.15, 0.2) is 54.2 Å². The van der Waals surface area contributed by atoms with Gasteiger partial charge < -0.3 is 10.6 Å². The fourth-order valence-electron chi connectivity index (χ4n) is 2.01. The smallest absolute Gasteiger partial charge is 0.267 e. The Kier molecular flexibility index (Phi) is 7.15. The molecule has 2 rings (SSSR count). The molecule has 0 fully saturated rings. The fourth-order valence-corrected chi connectivity index (χ4v) is 2.68. The Morgan fingerprint density at radius 1 is 1.12 bits per heavy atom. The van der Waals surface area contributed by atoms with E-state index in [4.69, 9.17) is 40.1 Å². The quantitative estimate of drug-likeness (QED) is 0.419. The van der Waals surface area contributed by atoms with Gasteiger partial charge in [-0.2, -0.15) is 5.26 Å². The molecule has 0 atom stereocenters. The van der Waals surface area contributed by atoms with E-state index >= 15 is 0 Å². The zero-order valence-corrected chi connectivity index (χ0v) is 15.3. The largest absolute Gasteiger partial charge is 0.389 e. The molecule has 1 amide bonds. The molecule has 7 heteroatoms. The van der Waals surface area contributed by atoms with Crippen LogP contribution in [-0.2, 0) is 11.2 Å². The summed E-state index contributed by atoms with van der Waals surface area (Å²) in [6, 6.07) is 14.0. The molecule has 0 heterocycles. The Balaban J connectivity index is 1.92. The minimum absolute atomic E-state index is 0.0582. The summed E-state index contributed by atoms with van der Waals surface area (Å²) in [6.45, 7) is 0.556. The third-order valence-electron chi connectivity index (χ3n) is 3.24. The maximum Gasteiger partial charge on any atom is 0.267 e. The highest BCUT2D eigenvalue weighted by Gasteiger charge is 2.11. The molecule has 0 aliphatic carbocycles. The number of anilines is 1. The van der Waals surface area contributed by atoms with Crippen molar-refractivity contribution >= 4 is 46.4 Å². The Morgan fingerprint density at radius 3 is 2.56 bits per heavy atom. The topological polar surface area (TPSA) is 64.9 Å². The number of nitrogens with zero attached hydrogens (tertiary/aromatic N) is 1. The molecule has 0 aliphatic heterocycles. The lowest BCUT2D eigenvalue weighted by atomic mass is 10.1. The lowest BCUT2D eigenvalue weighted by Crippen LogP contribution is -2.18. The summed E-state index contributed by atoms with van der Waals surface area (Å²) in [5.41, 5.74) is 1.39. The van der Waals surface area contributed by atoms with Crippen LogP contribution >= 0.6 is 34.8 Å². The molecule has 2 aromatic rings. The zero-order chi connectivity index (χ0) is 18.2. The first-order chi connectivity index (χ1) is 12.0. The van der Waals surface area contributed by atoms with Gasteiger partial charge in [0.2, 0.25) is 0 Å². The molecule has 0 bridgehead atoms. The number of carbonyl (C=O) groups excluding carboxylic acids is 1. The van der Waals surface area contributed by atoms with Gasteiger partial charge in [-0.3, -0.25) is 4.79 Å². The van der Waals surface area contributed by atoms with Gasteiger partial charge in [-0.15, -0.1) is 0 Å². The molecule has 2 N–H and O–H groups in total. The summed E-state index contributed by atoms with van der Waals surface area (Å²) >= 11 is 17.7. The Labute approximate surface area is 161 Å². The maximum atomic E-state index is 12.1. The number of halogens is 3. The van der Waals surface area contributed by atoms with Gasteiger partial charge in [-0.25, -0.2) is 0 Å². The number of rotatable bonds is 6. The molecule has 2 aromatic carbocycles. The van der Waals surface area contributed by atoms with Crippen LogP contribution in [0.25, 0.3) is 0 Å². The second-order valence-electron chi connectivity index (χ2n) is 5.08. The van der Waals surface area contributed by atoms with Gasteiger partial charge in [-0.1, -0.05) is 46.9 Å². The first-order valence-corrected chi connectivity index (χ1v) is 8.47. The van der Waals surface area contributed by atoms with E-state index in [1.165, 1.54) is 12.3 Å². The Morgan fingerprint density at radius 2 is 1.88 bits per heavy atom. The summed E-state index contributed by atoms with van der Waals surface area (Å²) in [5.74, 6) is -0.554. The van der Waals surface area contributed by atoms with Crippen molar-refractivity contribution < 1.29 is 4.79 Å². The Hall–Kier alpha value is -2.19. The highest BCUT2D eigenvalue weighted by Crippen LogP contribution is 2.25. The first kappa shape index (κ1) is 19.1. The zero-order valence-electron chi connectivity index (χ0n) is 13.0. The molecule has 128 valence electrons. The SMILES string of the molecule is N#C/C(=C/NCCc1cccc(Cl)c1)C(=O)Nc1ccc(Cl)cc1Cl. The van der Waals surface area contributed by atoms with Crippen LogP contribution in [0.3, 0.4) is 0 Å². The van der Waals surface area contributed by atoms with E-state index < -0.39 is 5.91 Å². The Bertz CT molecular complexity index is 844. The minimum atomic E-state index is -0.554. The van der Waals surface area contributed by atoms with Crippen molar-refractivity contribution in [2.75, 3.05) is 11.9 Å². The number of carbonyl (C=O) groups is 1. The van der Waals surface area contributed by atoms with Crippen molar-refractivity contribution in [3.8, 4) is 6.07 Å². The summed E-state index contributed by atoms with van der Waals surface area (Å²) < 4.78 is 0. The number of nitrogens with one attached hydrogen (secondary N) is 2. The van der Waals surface area contributed by atoms with Gasteiger partial charge in [0.25, 0.3) is 5.91 Å². The summed E-state index contributed by atoms with van der Waals surface area (Å²) in [7, 11) is 0. The molecular formula is C18H14Cl3N3O. The lowest BCUT2D eigenvalue weighted by molar-refractivity contribution is -0.112. The van der Waals surface area contributed by atoms with Crippen molar-refractivity contribution in [3.05, 3.63) is 74.9 Å². The second kappa shape index (κ2) is 9.33. The molecule has 0 saturated carbocycles. The van der Waals surface area contributed by atoms with Gasteiger partial charge >= 0.3 is 0 Å². The van der Waals surface area contributed by atoms with Crippen LogP contribution in [-0.4, -0.2) is 12.5 Å². The van der Waals surface area contributed by atoms with E-state index in [9.17, 15) is 4.79 Å². The van der Waals surface area contributed by atoms with Crippen molar-refractivity contribution in [1.29, 1.82) is 5.26 Å². The normalized spacial score (nSPS) is 10.9. The molecule has 0 aromatic heterocycles. The van der Waals surface area contributed by atoms with E-state index in [-0.39, 0.29) is 5.57 Å². The third kappa shape index (κ3) is 5.99. The summed E-state index contributed by atoms with van der Waals surface area (Å²) in [5, 5.41) is 16.1. The minimum Gasteiger partial charge on any atom is -0.389 e.